The average Bonchev–Trinajstić information content (AvgIpc) is 3.05. The zero-order valence-corrected chi connectivity index (χ0v) is 25.9. The van der Waals surface area contributed by atoms with Crippen LogP contribution in [0.25, 0.3) is 0 Å². The summed E-state index contributed by atoms with van der Waals surface area (Å²) in [4.78, 5) is 2.91. The summed E-state index contributed by atoms with van der Waals surface area (Å²) < 4.78 is 6.98. The summed E-state index contributed by atoms with van der Waals surface area (Å²) in [5.41, 5.74) is 7.47. The lowest BCUT2D eigenvalue weighted by atomic mass is 9.33. The van der Waals surface area contributed by atoms with Crippen LogP contribution < -0.4 is 46.8 Å². The highest BCUT2D eigenvalue weighted by molar-refractivity contribution is 7.27. The summed E-state index contributed by atoms with van der Waals surface area (Å²) in [7, 11) is -2.68. The molecule has 3 aliphatic heterocycles. The summed E-state index contributed by atoms with van der Waals surface area (Å²) in [5.74, 6) is 4.74. The van der Waals surface area contributed by atoms with Gasteiger partial charge in [0.1, 0.15) is 11.5 Å². The first-order chi connectivity index (χ1) is 21.7. The molecule has 4 saturated carbocycles. The Kier molecular flexibility index (Phi) is 4.62. The van der Waals surface area contributed by atoms with Crippen LogP contribution in [0.5, 0.6) is 11.5 Å². The van der Waals surface area contributed by atoms with Crippen molar-refractivity contribution in [2.24, 2.45) is 17.8 Å². The molecular weight excluding hydrogens is 549 g/mol. The molecule has 0 aromatic heterocycles. The Hall–Kier alpha value is -4.02. The Balaban J connectivity index is 1.29. The molecule has 0 N–H and O–H groups in total. The Morgan fingerprint density at radius 3 is 1.66 bits per heavy atom. The normalized spacial score (nSPS) is 27.1. The van der Waals surface area contributed by atoms with Crippen LogP contribution in [0.15, 0.2) is 115 Å². The molecule has 5 aromatic rings. The van der Waals surface area contributed by atoms with Crippen molar-refractivity contribution in [3.63, 3.8) is 0 Å². The molecule has 3 heterocycles. The Labute approximate surface area is 260 Å². The predicted octanol–water partition coefficient (Wildman–Crippen LogP) is 4.42. The van der Waals surface area contributed by atoms with Gasteiger partial charge < -0.3 is 9.64 Å². The van der Waals surface area contributed by atoms with Gasteiger partial charge in [-0.25, -0.2) is 0 Å². The Morgan fingerprint density at radius 1 is 0.545 bits per heavy atom. The minimum atomic E-state index is -2.68. The van der Waals surface area contributed by atoms with Crippen molar-refractivity contribution in [3.05, 3.63) is 115 Å². The number of ether oxygens (including phenoxy) is 1. The maximum Gasteiger partial charge on any atom is 0.256 e. The van der Waals surface area contributed by atoms with E-state index in [1.165, 1.54) is 76.4 Å². The number of benzene rings is 5. The van der Waals surface area contributed by atoms with Gasteiger partial charge in [0.15, 0.2) is 8.07 Å². The molecule has 4 bridgehead atoms. The Morgan fingerprint density at radius 2 is 1.05 bits per heavy atom. The van der Waals surface area contributed by atoms with Crippen molar-refractivity contribution in [3.8, 4) is 11.5 Å². The summed E-state index contributed by atoms with van der Waals surface area (Å²) in [6.07, 6.45) is 8.35. The van der Waals surface area contributed by atoms with Gasteiger partial charge >= 0.3 is 0 Å². The number of hydrogen-bond donors (Lipinski definition) is 0. The van der Waals surface area contributed by atoms with E-state index in [9.17, 15) is 0 Å². The lowest BCUT2D eigenvalue weighted by Crippen LogP contribution is -2.88. The first-order valence-corrected chi connectivity index (χ1v) is 18.7. The van der Waals surface area contributed by atoms with Crippen LogP contribution in [0, 0.1) is 17.8 Å². The van der Waals surface area contributed by atoms with Crippen LogP contribution >= 0.6 is 0 Å². The molecule has 0 radical (unpaired) electrons. The third-order valence-electron chi connectivity index (χ3n) is 12.5. The lowest BCUT2D eigenvalue weighted by molar-refractivity contribution is 0.000633. The molecule has 7 aliphatic rings. The van der Waals surface area contributed by atoms with Crippen molar-refractivity contribution >= 4 is 63.3 Å². The minimum absolute atomic E-state index is 0.199. The molecule has 212 valence electrons. The predicted molar refractivity (Wildman–Crippen MR) is 184 cm³/mol. The van der Waals surface area contributed by atoms with E-state index in [4.69, 9.17) is 4.74 Å². The van der Waals surface area contributed by atoms with E-state index >= 15 is 0 Å². The van der Waals surface area contributed by atoms with E-state index in [0.29, 0.717) is 0 Å². The topological polar surface area (TPSA) is 12.5 Å². The lowest BCUT2D eigenvalue weighted by Gasteiger charge is -2.63. The fourth-order valence-electron chi connectivity index (χ4n) is 11.6. The van der Waals surface area contributed by atoms with Gasteiger partial charge in [0.05, 0.1) is 0 Å². The Bertz CT molecular complexity index is 1930. The molecule has 0 atom stereocenters. The molecule has 2 nitrogen and oxygen atoms in total. The molecule has 44 heavy (non-hydrogen) atoms. The van der Waals surface area contributed by atoms with Crippen molar-refractivity contribution in [2.45, 2.75) is 44.1 Å². The van der Waals surface area contributed by atoms with Gasteiger partial charge in [0, 0.05) is 16.9 Å². The summed E-state index contributed by atoms with van der Waals surface area (Å²) >= 11 is 0. The zero-order valence-electron chi connectivity index (χ0n) is 24.9. The van der Waals surface area contributed by atoms with Gasteiger partial charge in [-0.05, 0) is 118 Å². The first kappa shape index (κ1) is 24.3. The van der Waals surface area contributed by atoms with Gasteiger partial charge in [-0.3, -0.25) is 0 Å². The quantitative estimate of drug-likeness (QED) is 0.286. The standard InChI is InChI=1S/C40H34BNOSi/c1-3-10-29(11-4-1)44(30-12-5-2-6-13-30)35-18-8-15-32-38(35)41-37-31(14-7-16-33(37)43-34-17-9-19-36(44)39(34)41)42(32)40-23-26-20-27(24-40)22-28(21-26)25-40/h1-19,26-28H,20-25H2. The molecule has 0 saturated heterocycles. The van der Waals surface area contributed by atoms with E-state index < -0.39 is 8.07 Å². The summed E-state index contributed by atoms with van der Waals surface area (Å²) in [6, 6.07) is 44.2. The van der Waals surface area contributed by atoms with Crippen molar-refractivity contribution in [1.82, 2.24) is 0 Å². The van der Waals surface area contributed by atoms with Crippen LogP contribution in [0.2, 0.25) is 0 Å². The van der Waals surface area contributed by atoms with Crippen LogP contribution in [0.1, 0.15) is 38.5 Å². The summed E-state index contributed by atoms with van der Waals surface area (Å²) in [6.45, 7) is 0.200. The first-order valence-electron chi connectivity index (χ1n) is 16.7. The van der Waals surface area contributed by atoms with Gasteiger partial charge in [-0.2, -0.15) is 0 Å². The third kappa shape index (κ3) is 2.85. The number of anilines is 2. The molecule has 0 unspecified atom stereocenters. The van der Waals surface area contributed by atoms with E-state index in [2.05, 4.69) is 120 Å². The van der Waals surface area contributed by atoms with Gasteiger partial charge in [0.25, 0.3) is 6.71 Å². The molecule has 0 amide bonds. The van der Waals surface area contributed by atoms with E-state index in [0.717, 1.165) is 29.3 Å². The van der Waals surface area contributed by atoms with Crippen molar-refractivity contribution in [1.29, 1.82) is 0 Å². The fraction of sp³-hybridized carbons (Fsp3) is 0.250. The average molecular weight is 584 g/mol. The zero-order chi connectivity index (χ0) is 28.6. The monoisotopic (exact) mass is 583 g/mol. The number of hydrogen-bond acceptors (Lipinski definition) is 2. The highest BCUT2D eigenvalue weighted by Crippen LogP contribution is 2.60. The maximum absolute atomic E-state index is 6.98. The van der Waals surface area contributed by atoms with Crippen LogP contribution in [0.4, 0.5) is 11.4 Å². The molecular formula is C40H34BNOSi. The van der Waals surface area contributed by atoms with Crippen molar-refractivity contribution < 1.29 is 4.74 Å². The van der Waals surface area contributed by atoms with E-state index in [1.54, 1.807) is 10.6 Å². The second-order valence-electron chi connectivity index (χ2n) is 14.6. The van der Waals surface area contributed by atoms with Crippen LogP contribution in [-0.2, 0) is 0 Å². The highest BCUT2D eigenvalue weighted by atomic mass is 28.3. The van der Waals surface area contributed by atoms with E-state index in [-0.39, 0.29) is 12.3 Å². The largest absolute Gasteiger partial charge is 0.458 e. The van der Waals surface area contributed by atoms with E-state index in [1.807, 2.05) is 0 Å². The van der Waals surface area contributed by atoms with Gasteiger partial charge in [0.2, 0.25) is 0 Å². The van der Waals surface area contributed by atoms with Crippen LogP contribution in [0.3, 0.4) is 0 Å². The number of nitrogens with zero attached hydrogens (tertiary/aromatic N) is 1. The van der Waals surface area contributed by atoms with Gasteiger partial charge in [-0.1, -0.05) is 91.0 Å². The maximum atomic E-state index is 6.98. The number of rotatable bonds is 3. The molecule has 5 aromatic carbocycles. The van der Waals surface area contributed by atoms with Crippen LogP contribution in [-0.4, -0.2) is 20.3 Å². The third-order valence-corrected chi connectivity index (χ3v) is 17.3. The SMILES string of the molecule is c1ccc([Si]2(c3ccccc3)c3cccc4c3B3c5c(cccc5N(C56CC7CC(CC(C7)C5)C6)c5cccc2c53)O4)cc1. The molecule has 4 fully saturated rings. The highest BCUT2D eigenvalue weighted by Gasteiger charge is 2.60. The summed E-state index contributed by atoms with van der Waals surface area (Å²) in [5, 5.41) is 5.97. The molecule has 4 aliphatic carbocycles. The molecule has 0 spiro atoms. The minimum Gasteiger partial charge on any atom is -0.458 e. The smallest absolute Gasteiger partial charge is 0.256 e. The fourth-order valence-corrected chi connectivity index (χ4v) is 16.9. The molecule has 4 heteroatoms. The molecule has 12 rings (SSSR count). The van der Waals surface area contributed by atoms with Crippen molar-refractivity contribution in [2.75, 3.05) is 4.90 Å². The second kappa shape index (κ2) is 8.37. The second-order valence-corrected chi connectivity index (χ2v) is 18.4. The van der Waals surface area contributed by atoms with Gasteiger partial charge in [-0.15, -0.1) is 0 Å².